The molecule has 21 heavy (non-hydrogen) atoms. The van der Waals surface area contributed by atoms with E-state index in [1.165, 1.54) is 35.6 Å². The lowest BCUT2D eigenvalue weighted by atomic mass is 9.89. The van der Waals surface area contributed by atoms with Gasteiger partial charge in [0.15, 0.2) is 0 Å². The maximum Gasteiger partial charge on any atom is 0.0468 e. The number of benzene rings is 2. The van der Waals surface area contributed by atoms with Gasteiger partial charge in [-0.2, -0.15) is 0 Å². The third-order valence-electron chi connectivity index (χ3n) is 4.49. The molecule has 2 nitrogen and oxygen atoms in total. The summed E-state index contributed by atoms with van der Waals surface area (Å²) >= 11 is 3.54. The molecule has 0 spiro atoms. The van der Waals surface area contributed by atoms with E-state index >= 15 is 0 Å². The highest BCUT2D eigenvalue weighted by Gasteiger charge is 2.19. The van der Waals surface area contributed by atoms with Gasteiger partial charge < -0.3 is 10.1 Å². The Hall–Kier alpha value is -0.900. The highest BCUT2D eigenvalue weighted by atomic mass is 79.9. The molecule has 1 atom stereocenters. The Balaban J connectivity index is 1.80. The van der Waals surface area contributed by atoms with Gasteiger partial charge in [0.25, 0.3) is 0 Å². The van der Waals surface area contributed by atoms with Crippen molar-refractivity contribution in [3.63, 3.8) is 0 Å². The summed E-state index contributed by atoms with van der Waals surface area (Å²) in [6, 6.07) is 13.7. The summed E-state index contributed by atoms with van der Waals surface area (Å²) in [5.41, 5.74) is 1.39. The number of fused-ring (bicyclic) bond motifs is 1. The van der Waals surface area contributed by atoms with Crippen molar-refractivity contribution in [2.75, 3.05) is 20.3 Å². The van der Waals surface area contributed by atoms with Gasteiger partial charge in [-0.15, -0.1) is 0 Å². The van der Waals surface area contributed by atoms with Crippen LogP contribution < -0.4 is 5.32 Å². The third kappa shape index (κ3) is 3.65. The monoisotopic (exact) mass is 347 g/mol. The molecule has 0 radical (unpaired) electrons. The van der Waals surface area contributed by atoms with Gasteiger partial charge in [-0.05, 0) is 66.8 Å². The molecule has 1 aliphatic rings. The molecular weight excluding hydrogens is 326 g/mol. The van der Waals surface area contributed by atoms with Gasteiger partial charge in [0.1, 0.15) is 0 Å². The van der Waals surface area contributed by atoms with Gasteiger partial charge in [-0.1, -0.05) is 34.1 Å². The van der Waals surface area contributed by atoms with Gasteiger partial charge in [-0.25, -0.2) is 0 Å². The number of rotatable bonds is 4. The van der Waals surface area contributed by atoms with E-state index in [1.54, 1.807) is 0 Å². The van der Waals surface area contributed by atoms with Crippen LogP contribution in [0.2, 0.25) is 0 Å². The molecular formula is C18H22BrNO. The average Bonchev–Trinajstić information content (AvgIpc) is 2.53. The zero-order valence-electron chi connectivity index (χ0n) is 12.4. The molecule has 3 heteroatoms. The second kappa shape index (κ2) is 6.91. The number of hydrogen-bond donors (Lipinski definition) is 1. The predicted molar refractivity (Wildman–Crippen MR) is 91.6 cm³/mol. The van der Waals surface area contributed by atoms with Crippen molar-refractivity contribution in [2.24, 2.45) is 5.92 Å². The van der Waals surface area contributed by atoms with E-state index in [9.17, 15) is 0 Å². The largest absolute Gasteiger partial charge is 0.381 e. The molecule has 0 bridgehead atoms. The zero-order valence-corrected chi connectivity index (χ0v) is 14.0. The molecule has 1 fully saturated rings. The maximum absolute atomic E-state index is 5.46. The summed E-state index contributed by atoms with van der Waals surface area (Å²) in [7, 11) is 2.07. The fraction of sp³-hybridized carbons (Fsp3) is 0.444. The van der Waals surface area contributed by atoms with Crippen molar-refractivity contribution in [3.8, 4) is 0 Å². The molecule has 0 amide bonds. The molecule has 2 aromatic rings. The minimum absolute atomic E-state index is 0.432. The Labute approximate surface area is 135 Å². The van der Waals surface area contributed by atoms with Crippen molar-refractivity contribution in [3.05, 3.63) is 46.4 Å². The van der Waals surface area contributed by atoms with Crippen LogP contribution in [0.4, 0.5) is 0 Å². The quantitative estimate of drug-likeness (QED) is 0.866. The highest BCUT2D eigenvalue weighted by Crippen LogP contribution is 2.29. The van der Waals surface area contributed by atoms with Crippen LogP contribution in [0, 0.1) is 5.92 Å². The SMILES string of the molecule is CNC(CC1CCOCC1)c1ccc2cc(Br)ccc2c1. The Bertz CT molecular complexity index is 607. The van der Waals surface area contributed by atoms with Crippen molar-refractivity contribution in [1.82, 2.24) is 5.32 Å². The highest BCUT2D eigenvalue weighted by molar-refractivity contribution is 9.10. The molecule has 1 heterocycles. The van der Waals surface area contributed by atoms with Gasteiger partial charge in [0.2, 0.25) is 0 Å². The minimum atomic E-state index is 0.432. The second-order valence-corrected chi connectivity index (χ2v) is 6.80. The van der Waals surface area contributed by atoms with Crippen molar-refractivity contribution < 1.29 is 4.74 Å². The molecule has 1 saturated heterocycles. The maximum atomic E-state index is 5.46. The third-order valence-corrected chi connectivity index (χ3v) is 4.98. The van der Waals surface area contributed by atoms with Crippen LogP contribution >= 0.6 is 15.9 Å². The Morgan fingerprint density at radius 1 is 1.14 bits per heavy atom. The lowest BCUT2D eigenvalue weighted by molar-refractivity contribution is 0.0608. The van der Waals surface area contributed by atoms with E-state index in [2.05, 4.69) is 64.7 Å². The van der Waals surface area contributed by atoms with E-state index in [0.29, 0.717) is 6.04 Å². The number of halogens is 1. The van der Waals surface area contributed by atoms with E-state index in [1.807, 2.05) is 0 Å². The standard InChI is InChI=1S/C18H22BrNO/c1-20-18(10-13-6-8-21-9-7-13)16-3-2-15-12-17(19)5-4-14(15)11-16/h2-5,11-13,18,20H,6-10H2,1H3. The normalized spacial score (nSPS) is 18.0. The summed E-state index contributed by atoms with van der Waals surface area (Å²) in [5, 5.41) is 6.09. The zero-order chi connectivity index (χ0) is 14.7. The van der Waals surface area contributed by atoms with Crippen LogP contribution in [-0.4, -0.2) is 20.3 Å². The predicted octanol–water partition coefficient (Wildman–Crippen LogP) is 4.68. The van der Waals surface area contributed by atoms with Gasteiger partial charge >= 0.3 is 0 Å². The molecule has 1 N–H and O–H groups in total. The number of nitrogens with one attached hydrogen (secondary N) is 1. The molecule has 0 saturated carbocycles. The first-order valence-corrected chi connectivity index (χ1v) is 8.50. The molecule has 112 valence electrons. The van der Waals surface area contributed by atoms with Crippen LogP contribution in [0.1, 0.15) is 30.9 Å². The van der Waals surface area contributed by atoms with Gasteiger partial charge in [0, 0.05) is 23.7 Å². The van der Waals surface area contributed by atoms with Crippen LogP contribution in [0.25, 0.3) is 10.8 Å². The fourth-order valence-electron chi connectivity index (χ4n) is 3.19. The molecule has 3 rings (SSSR count). The molecule has 0 aliphatic carbocycles. The fourth-order valence-corrected chi connectivity index (χ4v) is 3.57. The first-order chi connectivity index (χ1) is 10.3. The summed E-state index contributed by atoms with van der Waals surface area (Å²) in [4.78, 5) is 0. The van der Waals surface area contributed by atoms with Crippen LogP contribution in [0.15, 0.2) is 40.9 Å². The topological polar surface area (TPSA) is 21.3 Å². The molecule has 2 aromatic carbocycles. The molecule has 1 unspecified atom stereocenters. The van der Waals surface area contributed by atoms with Crippen LogP contribution in [0.5, 0.6) is 0 Å². The lowest BCUT2D eigenvalue weighted by Gasteiger charge is -2.27. The summed E-state index contributed by atoms with van der Waals surface area (Å²) < 4.78 is 6.60. The van der Waals surface area contributed by atoms with Crippen molar-refractivity contribution in [2.45, 2.75) is 25.3 Å². The van der Waals surface area contributed by atoms with Gasteiger partial charge in [-0.3, -0.25) is 0 Å². The lowest BCUT2D eigenvalue weighted by Crippen LogP contribution is -2.23. The smallest absolute Gasteiger partial charge is 0.0468 e. The van der Waals surface area contributed by atoms with E-state index in [4.69, 9.17) is 4.74 Å². The van der Waals surface area contributed by atoms with Crippen molar-refractivity contribution in [1.29, 1.82) is 0 Å². The Kier molecular flexibility index (Phi) is 4.94. The summed E-state index contributed by atoms with van der Waals surface area (Å²) in [6.07, 6.45) is 3.58. The van der Waals surface area contributed by atoms with Crippen molar-refractivity contribution >= 4 is 26.7 Å². The minimum Gasteiger partial charge on any atom is -0.381 e. The second-order valence-electron chi connectivity index (χ2n) is 5.88. The van der Waals surface area contributed by atoms with E-state index < -0.39 is 0 Å². The van der Waals surface area contributed by atoms with Gasteiger partial charge in [0.05, 0.1) is 0 Å². The summed E-state index contributed by atoms with van der Waals surface area (Å²) in [6.45, 7) is 1.85. The van der Waals surface area contributed by atoms with E-state index in [-0.39, 0.29) is 0 Å². The van der Waals surface area contributed by atoms with E-state index in [0.717, 1.165) is 23.6 Å². The first-order valence-electron chi connectivity index (χ1n) is 7.70. The summed E-state index contributed by atoms with van der Waals surface area (Å²) in [5.74, 6) is 0.775. The average molecular weight is 348 g/mol. The Morgan fingerprint density at radius 3 is 2.62 bits per heavy atom. The molecule has 0 aromatic heterocycles. The van der Waals surface area contributed by atoms with Crippen LogP contribution in [-0.2, 0) is 4.74 Å². The number of ether oxygens (including phenoxy) is 1. The van der Waals surface area contributed by atoms with Crippen LogP contribution in [0.3, 0.4) is 0 Å². The first kappa shape index (κ1) is 15.0. The Morgan fingerprint density at radius 2 is 1.86 bits per heavy atom. The number of hydrogen-bond acceptors (Lipinski definition) is 2. The molecule has 1 aliphatic heterocycles.